The van der Waals surface area contributed by atoms with Crippen molar-refractivity contribution in [1.82, 2.24) is 30.6 Å². The fourth-order valence-electron chi connectivity index (χ4n) is 7.76. The van der Waals surface area contributed by atoms with Crippen LogP contribution in [0.15, 0.2) is 48.5 Å². The molecule has 0 unspecified atom stereocenters. The van der Waals surface area contributed by atoms with Gasteiger partial charge in [0, 0.05) is 5.69 Å². The number of aromatic nitrogens is 4. The molecule has 0 spiro atoms. The van der Waals surface area contributed by atoms with E-state index >= 15 is 0 Å². The van der Waals surface area contributed by atoms with Gasteiger partial charge in [0.25, 0.3) is 0 Å². The highest BCUT2D eigenvalue weighted by molar-refractivity contribution is 6.36. The molecule has 0 amide bonds. The number of benzene rings is 3. The van der Waals surface area contributed by atoms with Gasteiger partial charge in [-0.3, -0.25) is 0 Å². The number of nitrogens with one attached hydrogen (secondary N) is 4. The van der Waals surface area contributed by atoms with E-state index in [1.54, 1.807) is 0 Å². The summed E-state index contributed by atoms with van der Waals surface area (Å²) < 4.78 is 0. The summed E-state index contributed by atoms with van der Waals surface area (Å²) in [5.41, 5.74) is 8.49. The van der Waals surface area contributed by atoms with Crippen LogP contribution in [-0.4, -0.2) is 33.0 Å². The molecule has 5 aromatic rings. The average molecular weight is 643 g/mol. The maximum absolute atomic E-state index is 7.28. The number of hydrogen-bond donors (Lipinski definition) is 4. The minimum atomic E-state index is 0.0734. The normalized spacial score (nSPS) is 24.1. The first-order chi connectivity index (χ1) is 21.8. The molecule has 4 N–H and O–H groups in total. The molecule has 0 saturated carbocycles. The van der Waals surface area contributed by atoms with Crippen LogP contribution < -0.4 is 15.5 Å². The molecule has 3 saturated heterocycles. The Hall–Kier alpha value is -3.10. The first-order valence-electron chi connectivity index (χ1n) is 16.5. The van der Waals surface area contributed by atoms with Gasteiger partial charge in [-0.1, -0.05) is 68.2 Å². The zero-order valence-corrected chi connectivity index (χ0v) is 27.7. The molecule has 0 bridgehead atoms. The first-order valence-corrected chi connectivity index (χ1v) is 17.2. The summed E-state index contributed by atoms with van der Waals surface area (Å²) in [6.45, 7) is 8.82. The maximum atomic E-state index is 7.28. The van der Waals surface area contributed by atoms with Crippen LogP contribution in [0.5, 0.6) is 0 Å². The first kappa shape index (κ1) is 29.3. The summed E-state index contributed by atoms with van der Waals surface area (Å²) in [5.74, 6) is 1.96. The van der Waals surface area contributed by atoms with Crippen molar-refractivity contribution < 1.29 is 0 Å². The van der Waals surface area contributed by atoms with E-state index in [4.69, 9.17) is 33.2 Å². The number of rotatable bonds is 5. The van der Waals surface area contributed by atoms with E-state index in [1.807, 2.05) is 0 Å². The Morgan fingerprint density at radius 1 is 0.667 bits per heavy atom. The van der Waals surface area contributed by atoms with Gasteiger partial charge in [-0.25, -0.2) is 9.97 Å². The molecule has 7 nitrogen and oxygen atoms in total. The molecule has 5 heterocycles. The molecule has 3 aromatic carbocycles. The maximum Gasteiger partial charge on any atom is 0.124 e. The van der Waals surface area contributed by atoms with Gasteiger partial charge in [-0.05, 0) is 98.0 Å². The molecule has 4 atom stereocenters. The molecule has 8 rings (SSSR count). The van der Waals surface area contributed by atoms with Gasteiger partial charge >= 0.3 is 0 Å². The second kappa shape index (κ2) is 11.3. The van der Waals surface area contributed by atoms with E-state index in [1.165, 1.54) is 24.1 Å². The van der Waals surface area contributed by atoms with Crippen LogP contribution in [0, 0.1) is 0 Å². The fourth-order valence-corrected chi connectivity index (χ4v) is 8.42. The SMILES string of the molecule is CC(C)(C)c1ccc(N2[C@@H](c3ccc4nc([C@@H]5CCCN5)[nH]c4c3Cl)CC[C@H]2c2ccc3nc([C@@H]4CCCN4)[nH]c3c2Cl)cc1. The summed E-state index contributed by atoms with van der Waals surface area (Å²) >= 11 is 14.6. The number of aromatic amines is 2. The van der Waals surface area contributed by atoms with Crippen molar-refractivity contribution in [2.24, 2.45) is 0 Å². The summed E-state index contributed by atoms with van der Waals surface area (Å²) in [7, 11) is 0. The molecule has 2 aromatic heterocycles. The number of fused-ring (bicyclic) bond motifs is 2. The van der Waals surface area contributed by atoms with Crippen molar-refractivity contribution in [2.45, 2.75) is 88.9 Å². The number of hydrogen-bond acceptors (Lipinski definition) is 5. The van der Waals surface area contributed by atoms with E-state index in [0.717, 1.165) is 93.7 Å². The molecule has 45 heavy (non-hydrogen) atoms. The van der Waals surface area contributed by atoms with Crippen molar-refractivity contribution >= 4 is 51.0 Å². The van der Waals surface area contributed by atoms with E-state index in [-0.39, 0.29) is 29.6 Å². The van der Waals surface area contributed by atoms with Crippen molar-refractivity contribution in [1.29, 1.82) is 0 Å². The summed E-state index contributed by atoms with van der Waals surface area (Å²) in [6, 6.07) is 18.4. The van der Waals surface area contributed by atoms with Crippen LogP contribution in [0.3, 0.4) is 0 Å². The van der Waals surface area contributed by atoms with Gasteiger partial charge in [0.15, 0.2) is 0 Å². The Morgan fingerprint density at radius 2 is 1.16 bits per heavy atom. The molecular formula is C36H41Cl2N7. The van der Waals surface area contributed by atoms with Gasteiger partial charge in [0.2, 0.25) is 0 Å². The molecular weight excluding hydrogens is 601 g/mol. The lowest BCUT2D eigenvalue weighted by Gasteiger charge is -2.34. The second-order valence-electron chi connectivity index (χ2n) is 14.1. The van der Waals surface area contributed by atoms with E-state index in [9.17, 15) is 0 Å². The highest BCUT2D eigenvalue weighted by Crippen LogP contribution is 2.51. The minimum absolute atomic E-state index is 0.0734. The molecule has 9 heteroatoms. The quantitative estimate of drug-likeness (QED) is 0.154. The van der Waals surface area contributed by atoms with Crippen LogP contribution in [0.2, 0.25) is 10.0 Å². The summed E-state index contributed by atoms with van der Waals surface area (Å²) in [5, 5.41) is 8.63. The van der Waals surface area contributed by atoms with E-state index in [0.29, 0.717) is 0 Å². The Morgan fingerprint density at radius 3 is 1.58 bits per heavy atom. The Balaban J connectivity index is 1.21. The fraction of sp³-hybridized carbons (Fsp3) is 0.444. The third-order valence-corrected chi connectivity index (χ3v) is 11.0. The van der Waals surface area contributed by atoms with Gasteiger partial charge < -0.3 is 25.5 Å². The van der Waals surface area contributed by atoms with Gasteiger partial charge in [-0.2, -0.15) is 0 Å². The molecule has 0 aliphatic carbocycles. The van der Waals surface area contributed by atoms with E-state index < -0.39 is 0 Å². The number of halogens is 2. The lowest BCUT2D eigenvalue weighted by molar-refractivity contribution is 0.589. The molecule has 234 valence electrons. The lowest BCUT2D eigenvalue weighted by atomic mass is 9.87. The van der Waals surface area contributed by atoms with Crippen LogP contribution >= 0.6 is 23.2 Å². The zero-order chi connectivity index (χ0) is 30.9. The number of nitrogens with zero attached hydrogens (tertiary/aromatic N) is 3. The van der Waals surface area contributed by atoms with Crippen LogP contribution in [0.1, 0.15) is 112 Å². The molecule has 3 fully saturated rings. The monoisotopic (exact) mass is 641 g/mol. The third-order valence-electron chi connectivity index (χ3n) is 10.2. The highest BCUT2D eigenvalue weighted by atomic mass is 35.5. The topological polar surface area (TPSA) is 84.7 Å². The summed E-state index contributed by atoms with van der Waals surface area (Å²) in [6.07, 6.45) is 6.42. The van der Waals surface area contributed by atoms with Crippen molar-refractivity contribution in [3.8, 4) is 0 Å². The Bertz CT molecular complexity index is 1750. The van der Waals surface area contributed by atoms with Crippen molar-refractivity contribution in [2.75, 3.05) is 18.0 Å². The predicted octanol–water partition coefficient (Wildman–Crippen LogP) is 8.98. The van der Waals surface area contributed by atoms with Crippen LogP contribution in [0.4, 0.5) is 5.69 Å². The van der Waals surface area contributed by atoms with Gasteiger partial charge in [-0.15, -0.1) is 0 Å². The van der Waals surface area contributed by atoms with Crippen molar-refractivity contribution in [3.05, 3.63) is 86.9 Å². The predicted molar refractivity (Wildman–Crippen MR) is 184 cm³/mol. The number of anilines is 1. The Kier molecular flexibility index (Phi) is 7.36. The van der Waals surface area contributed by atoms with Gasteiger partial charge in [0.05, 0.1) is 56.3 Å². The largest absolute Gasteiger partial charge is 0.357 e. The average Bonchev–Trinajstić information content (AvgIpc) is 3.86. The second-order valence-corrected chi connectivity index (χ2v) is 14.8. The smallest absolute Gasteiger partial charge is 0.124 e. The van der Waals surface area contributed by atoms with Crippen molar-refractivity contribution in [3.63, 3.8) is 0 Å². The Labute approximate surface area is 274 Å². The minimum Gasteiger partial charge on any atom is -0.357 e. The lowest BCUT2D eigenvalue weighted by Crippen LogP contribution is -2.26. The molecule has 0 radical (unpaired) electrons. The van der Waals surface area contributed by atoms with E-state index in [2.05, 4.69) is 94.8 Å². The molecule has 3 aliphatic heterocycles. The highest BCUT2D eigenvalue weighted by Gasteiger charge is 2.38. The summed E-state index contributed by atoms with van der Waals surface area (Å²) in [4.78, 5) is 19.5. The van der Waals surface area contributed by atoms with Gasteiger partial charge in [0.1, 0.15) is 11.6 Å². The zero-order valence-electron chi connectivity index (χ0n) is 26.2. The van der Waals surface area contributed by atoms with Crippen LogP contribution in [0.25, 0.3) is 22.1 Å². The number of H-pyrrole nitrogens is 2. The number of imidazole rings is 2. The standard InChI is InChI=1S/C36H41Cl2N7/c1-36(2,3)20-8-10-21(11-9-20)45-28(22-12-14-24-32(30(22)37)43-34(41-24)26-6-4-18-39-26)16-17-29(45)23-13-15-25-33(31(23)38)44-35(42-25)27-7-5-19-40-27/h8-15,26-29,39-40H,4-7,16-19H2,1-3H3,(H,41,43)(H,42,44)/t26-,27-,28-,29+/m0/s1. The third kappa shape index (κ3) is 5.12. The van der Waals surface area contributed by atoms with Crippen LogP contribution in [-0.2, 0) is 5.41 Å². The molecule has 3 aliphatic rings.